The summed E-state index contributed by atoms with van der Waals surface area (Å²) in [5, 5.41) is 9.60. The Morgan fingerprint density at radius 1 is 1.12 bits per heavy atom. The first-order valence-corrected chi connectivity index (χ1v) is 6.42. The van der Waals surface area contributed by atoms with Crippen molar-refractivity contribution in [2.75, 3.05) is 13.6 Å². The van der Waals surface area contributed by atoms with E-state index in [-0.39, 0.29) is 0 Å². The minimum Gasteiger partial charge on any atom is -0.390 e. The van der Waals surface area contributed by atoms with E-state index in [1.54, 1.807) is 0 Å². The summed E-state index contributed by atoms with van der Waals surface area (Å²) in [4.78, 5) is 2.33. The second-order valence-corrected chi connectivity index (χ2v) is 5.49. The molecule has 0 spiro atoms. The molecular formula is C15H25NO. The second-order valence-electron chi connectivity index (χ2n) is 5.49. The molecule has 0 aliphatic carbocycles. The summed E-state index contributed by atoms with van der Waals surface area (Å²) in [5.74, 6) is 0. The highest BCUT2D eigenvalue weighted by atomic mass is 16.3. The Kier molecular flexibility index (Phi) is 5.66. The van der Waals surface area contributed by atoms with Crippen molar-refractivity contribution >= 4 is 0 Å². The maximum absolute atomic E-state index is 9.60. The van der Waals surface area contributed by atoms with Crippen LogP contribution >= 0.6 is 0 Å². The zero-order chi connectivity index (χ0) is 12.7. The molecule has 0 saturated heterocycles. The van der Waals surface area contributed by atoms with Crippen molar-refractivity contribution < 1.29 is 5.11 Å². The molecule has 1 N–H and O–H groups in total. The van der Waals surface area contributed by atoms with Crippen LogP contribution in [0.2, 0.25) is 0 Å². The van der Waals surface area contributed by atoms with E-state index in [1.165, 1.54) is 5.56 Å². The first-order valence-electron chi connectivity index (χ1n) is 6.42. The van der Waals surface area contributed by atoms with E-state index in [2.05, 4.69) is 36.2 Å². The fraction of sp³-hybridized carbons (Fsp3) is 0.600. The normalized spacial score (nSPS) is 12.1. The maximum Gasteiger partial charge on any atom is 0.0591 e. The summed E-state index contributed by atoms with van der Waals surface area (Å²) in [6, 6.07) is 10.5. The molecule has 0 aromatic heterocycles. The van der Waals surface area contributed by atoms with Crippen molar-refractivity contribution in [3.63, 3.8) is 0 Å². The summed E-state index contributed by atoms with van der Waals surface area (Å²) in [6.07, 6.45) is 3.11. The first-order chi connectivity index (χ1) is 7.97. The van der Waals surface area contributed by atoms with Gasteiger partial charge in [-0.15, -0.1) is 0 Å². The Labute approximate surface area is 105 Å². The number of hydrogen-bond acceptors (Lipinski definition) is 2. The number of benzene rings is 1. The van der Waals surface area contributed by atoms with Crippen molar-refractivity contribution in [2.24, 2.45) is 0 Å². The lowest BCUT2D eigenvalue weighted by Crippen LogP contribution is -2.21. The fourth-order valence-corrected chi connectivity index (χ4v) is 1.91. The van der Waals surface area contributed by atoms with Crippen LogP contribution in [-0.2, 0) is 6.54 Å². The number of nitrogens with zero attached hydrogens (tertiary/aromatic N) is 1. The lowest BCUT2D eigenvalue weighted by molar-refractivity contribution is 0.0673. The molecule has 0 heterocycles. The van der Waals surface area contributed by atoms with E-state index in [0.29, 0.717) is 0 Å². The summed E-state index contributed by atoms with van der Waals surface area (Å²) in [7, 11) is 2.15. The lowest BCUT2D eigenvalue weighted by atomic mass is 10.0. The van der Waals surface area contributed by atoms with Crippen molar-refractivity contribution in [2.45, 2.75) is 45.3 Å². The molecule has 1 aromatic rings. The minimum atomic E-state index is -0.516. The van der Waals surface area contributed by atoms with Crippen LogP contribution in [0.5, 0.6) is 0 Å². The van der Waals surface area contributed by atoms with Crippen LogP contribution < -0.4 is 0 Å². The van der Waals surface area contributed by atoms with Crippen molar-refractivity contribution in [3.8, 4) is 0 Å². The van der Waals surface area contributed by atoms with Crippen LogP contribution in [0.1, 0.15) is 38.7 Å². The highest BCUT2D eigenvalue weighted by Gasteiger charge is 2.11. The molecule has 96 valence electrons. The van der Waals surface area contributed by atoms with Crippen molar-refractivity contribution in [1.82, 2.24) is 4.90 Å². The maximum atomic E-state index is 9.60. The topological polar surface area (TPSA) is 23.5 Å². The Morgan fingerprint density at radius 2 is 1.76 bits per heavy atom. The molecule has 2 heteroatoms. The molecule has 0 saturated carbocycles. The van der Waals surface area contributed by atoms with Gasteiger partial charge in [0, 0.05) is 6.54 Å². The molecule has 17 heavy (non-hydrogen) atoms. The van der Waals surface area contributed by atoms with Gasteiger partial charge in [-0.3, -0.25) is 0 Å². The Bertz CT molecular complexity index is 302. The summed E-state index contributed by atoms with van der Waals surface area (Å²) < 4.78 is 0. The number of rotatable bonds is 7. The number of aliphatic hydroxyl groups is 1. The smallest absolute Gasteiger partial charge is 0.0591 e. The van der Waals surface area contributed by atoms with E-state index >= 15 is 0 Å². The molecule has 0 unspecified atom stereocenters. The average Bonchev–Trinajstić information content (AvgIpc) is 2.25. The molecular weight excluding hydrogens is 210 g/mol. The van der Waals surface area contributed by atoms with Gasteiger partial charge in [0.2, 0.25) is 0 Å². The number of unbranched alkanes of at least 4 members (excludes halogenated alkanes) is 1. The third kappa shape index (κ3) is 7.14. The predicted molar refractivity (Wildman–Crippen MR) is 72.9 cm³/mol. The Hall–Kier alpha value is -0.860. The zero-order valence-corrected chi connectivity index (χ0v) is 11.3. The van der Waals surface area contributed by atoms with Crippen LogP contribution in [0.15, 0.2) is 30.3 Å². The second kappa shape index (κ2) is 6.77. The molecule has 0 radical (unpaired) electrons. The van der Waals surface area contributed by atoms with Crippen LogP contribution in [0.25, 0.3) is 0 Å². The van der Waals surface area contributed by atoms with E-state index < -0.39 is 5.60 Å². The molecule has 0 atom stereocenters. The molecule has 0 fully saturated rings. The first kappa shape index (κ1) is 14.2. The standard InChI is InChI=1S/C15H25NO/c1-15(2,17)11-7-8-12-16(3)13-14-9-5-4-6-10-14/h4-6,9-10,17H,7-8,11-13H2,1-3H3. The summed E-state index contributed by atoms with van der Waals surface area (Å²) >= 11 is 0. The monoisotopic (exact) mass is 235 g/mol. The van der Waals surface area contributed by atoms with Gasteiger partial charge in [0.15, 0.2) is 0 Å². The zero-order valence-electron chi connectivity index (χ0n) is 11.3. The van der Waals surface area contributed by atoms with E-state index in [1.807, 2.05) is 19.9 Å². The van der Waals surface area contributed by atoms with Gasteiger partial charge in [0.1, 0.15) is 0 Å². The largest absolute Gasteiger partial charge is 0.390 e. The van der Waals surface area contributed by atoms with Gasteiger partial charge in [0.05, 0.1) is 5.60 Å². The Balaban J connectivity index is 2.16. The predicted octanol–water partition coefficient (Wildman–Crippen LogP) is 3.06. The third-order valence-corrected chi connectivity index (χ3v) is 2.87. The van der Waals surface area contributed by atoms with Gasteiger partial charge in [-0.1, -0.05) is 30.3 Å². The van der Waals surface area contributed by atoms with Gasteiger partial charge in [-0.25, -0.2) is 0 Å². The molecule has 0 aliphatic heterocycles. The van der Waals surface area contributed by atoms with Crippen LogP contribution in [0.4, 0.5) is 0 Å². The molecule has 0 amide bonds. The third-order valence-electron chi connectivity index (χ3n) is 2.87. The SMILES string of the molecule is CN(CCCCC(C)(C)O)Cc1ccccc1. The van der Waals surface area contributed by atoms with E-state index in [4.69, 9.17) is 0 Å². The summed E-state index contributed by atoms with van der Waals surface area (Å²) in [5.41, 5.74) is 0.843. The van der Waals surface area contributed by atoms with Crippen molar-refractivity contribution in [3.05, 3.63) is 35.9 Å². The van der Waals surface area contributed by atoms with Gasteiger partial charge in [-0.05, 0) is 52.3 Å². The molecule has 0 aliphatic rings. The molecule has 0 bridgehead atoms. The van der Waals surface area contributed by atoms with Gasteiger partial charge >= 0.3 is 0 Å². The summed E-state index contributed by atoms with van der Waals surface area (Å²) in [6.45, 7) is 5.84. The highest BCUT2D eigenvalue weighted by Crippen LogP contribution is 2.12. The highest BCUT2D eigenvalue weighted by molar-refractivity contribution is 5.14. The van der Waals surface area contributed by atoms with Gasteiger partial charge in [0.25, 0.3) is 0 Å². The fourth-order valence-electron chi connectivity index (χ4n) is 1.91. The van der Waals surface area contributed by atoms with E-state index in [0.717, 1.165) is 32.4 Å². The minimum absolute atomic E-state index is 0.516. The van der Waals surface area contributed by atoms with Crippen LogP contribution in [-0.4, -0.2) is 29.2 Å². The lowest BCUT2D eigenvalue weighted by Gasteiger charge is -2.19. The van der Waals surface area contributed by atoms with Gasteiger partial charge < -0.3 is 10.0 Å². The quantitative estimate of drug-likeness (QED) is 0.734. The van der Waals surface area contributed by atoms with Gasteiger partial charge in [-0.2, -0.15) is 0 Å². The molecule has 1 aromatic carbocycles. The van der Waals surface area contributed by atoms with Crippen LogP contribution in [0, 0.1) is 0 Å². The van der Waals surface area contributed by atoms with E-state index in [9.17, 15) is 5.11 Å². The van der Waals surface area contributed by atoms with Crippen molar-refractivity contribution in [1.29, 1.82) is 0 Å². The number of hydrogen-bond donors (Lipinski definition) is 1. The molecule has 1 rings (SSSR count). The Morgan fingerprint density at radius 3 is 2.35 bits per heavy atom. The molecule has 2 nitrogen and oxygen atoms in total. The average molecular weight is 235 g/mol. The van der Waals surface area contributed by atoms with Crippen LogP contribution in [0.3, 0.4) is 0 Å².